The summed E-state index contributed by atoms with van der Waals surface area (Å²) in [7, 11) is 0. The first-order valence-electron chi connectivity index (χ1n) is 6.53. The Morgan fingerprint density at radius 1 is 0.850 bits per heavy atom. The van der Waals surface area contributed by atoms with Crippen LogP contribution in [0.5, 0.6) is 0 Å². The van der Waals surface area contributed by atoms with Gasteiger partial charge in [0.25, 0.3) is 0 Å². The number of hydrogen-bond acceptors (Lipinski definition) is 1. The first kappa shape index (κ1) is 12.4. The number of fused-ring (bicyclic) bond motifs is 1. The number of rotatable bonds is 3. The molecule has 3 rings (SSSR count). The van der Waals surface area contributed by atoms with E-state index in [1.54, 1.807) is 0 Å². The van der Waals surface area contributed by atoms with Gasteiger partial charge < -0.3 is 5.11 Å². The molecule has 0 bridgehead atoms. The molecule has 3 aromatic carbocycles. The zero-order valence-electron chi connectivity index (χ0n) is 10.9. The average Bonchev–Trinajstić information content (AvgIpc) is 2.47. The van der Waals surface area contributed by atoms with Crippen LogP contribution < -0.4 is 0 Å². The van der Waals surface area contributed by atoms with Gasteiger partial charge in [-0.2, -0.15) is 0 Å². The van der Waals surface area contributed by atoms with Crippen LogP contribution >= 0.6 is 0 Å². The SMILES string of the molecule is O=C(O)Cc1ccccc1-c1ccc2ccccc2c1. The van der Waals surface area contributed by atoms with E-state index in [9.17, 15) is 4.79 Å². The van der Waals surface area contributed by atoms with E-state index in [1.165, 1.54) is 5.39 Å². The van der Waals surface area contributed by atoms with Crippen LogP contribution in [0.1, 0.15) is 5.56 Å². The fourth-order valence-corrected chi connectivity index (χ4v) is 2.48. The van der Waals surface area contributed by atoms with E-state index in [-0.39, 0.29) is 6.42 Å². The molecular formula is C18H14O2. The van der Waals surface area contributed by atoms with Gasteiger partial charge in [0.1, 0.15) is 0 Å². The van der Waals surface area contributed by atoms with Crippen LogP contribution in [0.3, 0.4) is 0 Å². The fraction of sp³-hybridized carbons (Fsp3) is 0.0556. The van der Waals surface area contributed by atoms with E-state index in [0.29, 0.717) is 0 Å². The highest BCUT2D eigenvalue weighted by molar-refractivity contribution is 5.88. The van der Waals surface area contributed by atoms with E-state index >= 15 is 0 Å². The predicted octanol–water partition coefficient (Wildman–Crippen LogP) is 4.13. The lowest BCUT2D eigenvalue weighted by Gasteiger charge is -2.09. The number of carboxylic acid groups (broad SMARTS) is 1. The van der Waals surface area contributed by atoms with Crippen LogP contribution in [0.15, 0.2) is 66.7 Å². The Hall–Kier alpha value is -2.61. The number of hydrogen-bond donors (Lipinski definition) is 1. The predicted molar refractivity (Wildman–Crippen MR) is 80.7 cm³/mol. The Labute approximate surface area is 117 Å². The average molecular weight is 262 g/mol. The summed E-state index contributed by atoms with van der Waals surface area (Å²) in [5.74, 6) is -0.807. The smallest absolute Gasteiger partial charge is 0.307 e. The molecule has 0 saturated carbocycles. The summed E-state index contributed by atoms with van der Waals surface area (Å²) in [5.41, 5.74) is 2.89. The summed E-state index contributed by atoms with van der Waals surface area (Å²) in [5, 5.41) is 11.4. The van der Waals surface area contributed by atoms with Crippen LogP contribution in [-0.2, 0) is 11.2 Å². The molecule has 0 aliphatic carbocycles. The zero-order valence-corrected chi connectivity index (χ0v) is 10.9. The van der Waals surface area contributed by atoms with Gasteiger partial charge in [-0.3, -0.25) is 4.79 Å². The van der Waals surface area contributed by atoms with Crippen molar-refractivity contribution in [3.63, 3.8) is 0 Å². The highest BCUT2D eigenvalue weighted by atomic mass is 16.4. The van der Waals surface area contributed by atoms with Crippen molar-refractivity contribution in [3.05, 3.63) is 72.3 Å². The van der Waals surface area contributed by atoms with E-state index < -0.39 is 5.97 Å². The second-order valence-corrected chi connectivity index (χ2v) is 4.79. The van der Waals surface area contributed by atoms with Crippen molar-refractivity contribution in [1.82, 2.24) is 0 Å². The Balaban J connectivity index is 2.13. The maximum atomic E-state index is 11.0. The van der Waals surface area contributed by atoms with Crippen molar-refractivity contribution in [3.8, 4) is 11.1 Å². The molecule has 0 aliphatic rings. The lowest BCUT2D eigenvalue weighted by molar-refractivity contribution is -0.136. The third-order valence-electron chi connectivity index (χ3n) is 3.42. The van der Waals surface area contributed by atoms with Gasteiger partial charge in [0.05, 0.1) is 6.42 Å². The summed E-state index contributed by atoms with van der Waals surface area (Å²) in [6.45, 7) is 0. The molecule has 0 saturated heterocycles. The summed E-state index contributed by atoms with van der Waals surface area (Å²) >= 11 is 0. The van der Waals surface area contributed by atoms with Gasteiger partial charge in [-0.15, -0.1) is 0 Å². The standard InChI is InChI=1S/C18H14O2/c19-18(20)12-15-7-3-4-8-17(15)16-10-9-13-5-1-2-6-14(13)11-16/h1-11H,12H2,(H,19,20). The first-order valence-corrected chi connectivity index (χ1v) is 6.53. The van der Waals surface area contributed by atoms with Gasteiger partial charge in [-0.1, -0.05) is 60.7 Å². The molecule has 1 N–H and O–H groups in total. The normalized spacial score (nSPS) is 10.6. The van der Waals surface area contributed by atoms with Crippen molar-refractivity contribution in [2.24, 2.45) is 0 Å². The lowest BCUT2D eigenvalue weighted by Crippen LogP contribution is -2.01. The van der Waals surface area contributed by atoms with E-state index in [0.717, 1.165) is 22.1 Å². The largest absolute Gasteiger partial charge is 0.481 e. The van der Waals surface area contributed by atoms with Crippen molar-refractivity contribution in [1.29, 1.82) is 0 Å². The molecule has 0 unspecified atom stereocenters. The number of carboxylic acids is 1. The van der Waals surface area contributed by atoms with Crippen molar-refractivity contribution in [2.45, 2.75) is 6.42 Å². The second kappa shape index (κ2) is 5.17. The monoisotopic (exact) mass is 262 g/mol. The molecule has 0 aliphatic heterocycles. The highest BCUT2D eigenvalue weighted by Crippen LogP contribution is 2.27. The molecule has 0 atom stereocenters. The van der Waals surface area contributed by atoms with Gasteiger partial charge in [0.15, 0.2) is 0 Å². The summed E-state index contributed by atoms with van der Waals surface area (Å²) in [6, 6.07) is 22.1. The molecule has 0 spiro atoms. The zero-order chi connectivity index (χ0) is 13.9. The summed E-state index contributed by atoms with van der Waals surface area (Å²) in [6.07, 6.45) is 0.0446. The van der Waals surface area contributed by atoms with Gasteiger partial charge in [0, 0.05) is 0 Å². The first-order chi connectivity index (χ1) is 9.74. The van der Waals surface area contributed by atoms with Gasteiger partial charge in [-0.05, 0) is 33.5 Å². The minimum Gasteiger partial charge on any atom is -0.481 e. The van der Waals surface area contributed by atoms with Crippen LogP contribution in [0, 0.1) is 0 Å². The van der Waals surface area contributed by atoms with Gasteiger partial charge >= 0.3 is 5.97 Å². The van der Waals surface area contributed by atoms with Crippen LogP contribution in [0.2, 0.25) is 0 Å². The van der Waals surface area contributed by atoms with E-state index in [1.807, 2.05) is 42.5 Å². The molecule has 0 radical (unpaired) electrons. The molecule has 3 aromatic rings. The Morgan fingerprint density at radius 2 is 1.55 bits per heavy atom. The summed E-state index contributed by atoms with van der Waals surface area (Å²) in [4.78, 5) is 11.0. The minimum absolute atomic E-state index is 0.0446. The van der Waals surface area contributed by atoms with Crippen LogP contribution in [0.25, 0.3) is 21.9 Å². The Bertz CT molecular complexity index is 775. The topological polar surface area (TPSA) is 37.3 Å². The molecule has 20 heavy (non-hydrogen) atoms. The molecule has 0 aromatic heterocycles. The third-order valence-corrected chi connectivity index (χ3v) is 3.42. The highest BCUT2D eigenvalue weighted by Gasteiger charge is 2.08. The lowest BCUT2D eigenvalue weighted by atomic mass is 9.96. The maximum Gasteiger partial charge on any atom is 0.307 e. The van der Waals surface area contributed by atoms with E-state index in [4.69, 9.17) is 5.11 Å². The molecular weight excluding hydrogens is 248 g/mol. The summed E-state index contributed by atoms with van der Waals surface area (Å²) < 4.78 is 0. The molecule has 98 valence electrons. The minimum atomic E-state index is -0.807. The van der Waals surface area contributed by atoms with Crippen LogP contribution in [-0.4, -0.2) is 11.1 Å². The third kappa shape index (κ3) is 2.41. The molecule has 0 amide bonds. The van der Waals surface area contributed by atoms with Crippen molar-refractivity contribution in [2.75, 3.05) is 0 Å². The fourth-order valence-electron chi connectivity index (χ4n) is 2.48. The van der Waals surface area contributed by atoms with E-state index in [2.05, 4.69) is 24.3 Å². The number of carbonyl (C=O) groups is 1. The number of aliphatic carboxylic acids is 1. The number of benzene rings is 3. The van der Waals surface area contributed by atoms with Crippen LogP contribution in [0.4, 0.5) is 0 Å². The second-order valence-electron chi connectivity index (χ2n) is 4.79. The Kier molecular flexibility index (Phi) is 3.21. The van der Waals surface area contributed by atoms with Crippen molar-refractivity contribution >= 4 is 16.7 Å². The Morgan fingerprint density at radius 3 is 2.35 bits per heavy atom. The molecule has 0 fully saturated rings. The van der Waals surface area contributed by atoms with Gasteiger partial charge in [0.2, 0.25) is 0 Å². The van der Waals surface area contributed by atoms with Gasteiger partial charge in [-0.25, -0.2) is 0 Å². The molecule has 0 heterocycles. The quantitative estimate of drug-likeness (QED) is 0.770. The molecule has 2 nitrogen and oxygen atoms in total. The molecule has 2 heteroatoms. The maximum absolute atomic E-state index is 11.0. The van der Waals surface area contributed by atoms with Crippen molar-refractivity contribution < 1.29 is 9.90 Å².